The zero-order valence-corrected chi connectivity index (χ0v) is 10.2. The van der Waals surface area contributed by atoms with Gasteiger partial charge in [0.2, 0.25) is 0 Å². The van der Waals surface area contributed by atoms with E-state index in [2.05, 4.69) is 11.4 Å². The van der Waals surface area contributed by atoms with Crippen molar-refractivity contribution in [3.05, 3.63) is 52.0 Å². The first-order chi connectivity index (χ1) is 8.70. The van der Waals surface area contributed by atoms with Crippen LogP contribution in [-0.2, 0) is 6.54 Å². The maximum Gasteiger partial charge on any atom is 0.165 e. The molecule has 1 aromatic carbocycles. The molecular weight excluding hydrogens is 251 g/mol. The Hall–Kier alpha value is -1.90. The van der Waals surface area contributed by atoms with Crippen molar-refractivity contribution < 1.29 is 9.50 Å². The van der Waals surface area contributed by atoms with E-state index in [9.17, 15) is 4.39 Å². The lowest BCUT2D eigenvalue weighted by Crippen LogP contribution is -2.19. The number of hydrogen-bond acceptors (Lipinski definition) is 4. The summed E-state index contributed by atoms with van der Waals surface area (Å²) in [6.07, 6.45) is 0. The number of hydrogen-bond donors (Lipinski definition) is 2. The van der Waals surface area contributed by atoms with Crippen LogP contribution in [0, 0.1) is 17.1 Å². The summed E-state index contributed by atoms with van der Waals surface area (Å²) in [5, 5.41) is 23.2. The molecule has 0 amide bonds. The van der Waals surface area contributed by atoms with Crippen molar-refractivity contribution in [2.24, 2.45) is 0 Å². The third kappa shape index (κ3) is 2.86. The van der Waals surface area contributed by atoms with E-state index in [1.54, 1.807) is 11.3 Å². The van der Waals surface area contributed by atoms with Crippen molar-refractivity contribution >= 4 is 11.3 Å². The molecule has 0 aliphatic rings. The van der Waals surface area contributed by atoms with Gasteiger partial charge in [-0.1, -0.05) is 12.1 Å². The molecule has 3 nitrogen and oxygen atoms in total. The van der Waals surface area contributed by atoms with E-state index in [-0.39, 0.29) is 0 Å². The minimum absolute atomic E-state index is 0.409. The molecule has 1 heterocycles. The largest absolute Gasteiger partial charge is 0.505 e. The Bertz CT molecular complexity index is 563. The maximum absolute atomic E-state index is 13.2. The van der Waals surface area contributed by atoms with E-state index in [1.807, 2.05) is 17.5 Å². The molecule has 0 aliphatic carbocycles. The number of aromatic hydroxyl groups is 1. The molecule has 2 N–H and O–H groups in total. The maximum atomic E-state index is 13.2. The molecule has 1 atom stereocenters. The molecule has 2 rings (SSSR count). The lowest BCUT2D eigenvalue weighted by molar-refractivity contribution is 0.431. The SMILES string of the molecule is N#CC(NCc1cccs1)c1ccc(O)c(F)c1. The molecule has 0 saturated carbocycles. The first-order valence-electron chi connectivity index (χ1n) is 5.34. The molecule has 5 heteroatoms. The highest BCUT2D eigenvalue weighted by atomic mass is 32.1. The summed E-state index contributed by atoms with van der Waals surface area (Å²) in [5.74, 6) is -1.13. The van der Waals surface area contributed by atoms with Gasteiger partial charge < -0.3 is 5.11 Å². The van der Waals surface area contributed by atoms with E-state index in [1.165, 1.54) is 18.2 Å². The van der Waals surface area contributed by atoms with Gasteiger partial charge in [-0.05, 0) is 29.1 Å². The zero-order valence-electron chi connectivity index (χ0n) is 9.43. The Morgan fingerprint density at radius 1 is 1.44 bits per heavy atom. The average Bonchev–Trinajstić information content (AvgIpc) is 2.87. The molecule has 92 valence electrons. The summed E-state index contributed by atoms with van der Waals surface area (Å²) in [7, 11) is 0. The number of thiophene rings is 1. The summed E-state index contributed by atoms with van der Waals surface area (Å²) in [6, 6.07) is 9.33. The summed E-state index contributed by atoms with van der Waals surface area (Å²) >= 11 is 1.59. The van der Waals surface area contributed by atoms with Crippen LogP contribution < -0.4 is 5.32 Å². The molecule has 2 aromatic rings. The average molecular weight is 262 g/mol. The van der Waals surface area contributed by atoms with Gasteiger partial charge in [-0.15, -0.1) is 11.3 Å². The van der Waals surface area contributed by atoms with Crippen LogP contribution in [-0.4, -0.2) is 5.11 Å². The van der Waals surface area contributed by atoms with Crippen LogP contribution >= 0.6 is 11.3 Å². The van der Waals surface area contributed by atoms with Gasteiger partial charge >= 0.3 is 0 Å². The molecule has 1 aromatic heterocycles. The fourth-order valence-electron chi connectivity index (χ4n) is 1.56. The van der Waals surface area contributed by atoms with Crippen molar-refractivity contribution in [1.29, 1.82) is 5.26 Å². The van der Waals surface area contributed by atoms with Crippen LogP contribution in [0.1, 0.15) is 16.5 Å². The Morgan fingerprint density at radius 2 is 2.28 bits per heavy atom. The van der Waals surface area contributed by atoms with Crippen LogP contribution in [0.3, 0.4) is 0 Å². The van der Waals surface area contributed by atoms with E-state index in [0.29, 0.717) is 12.1 Å². The number of nitriles is 1. The zero-order chi connectivity index (χ0) is 13.0. The predicted octanol–water partition coefficient (Wildman–Crippen LogP) is 2.95. The minimum Gasteiger partial charge on any atom is -0.505 e. The quantitative estimate of drug-likeness (QED) is 0.890. The van der Waals surface area contributed by atoms with Crippen molar-refractivity contribution in [3.8, 4) is 11.8 Å². The molecular formula is C13H11FN2OS. The van der Waals surface area contributed by atoms with Crippen LogP contribution in [0.15, 0.2) is 35.7 Å². The van der Waals surface area contributed by atoms with Crippen LogP contribution in [0.5, 0.6) is 5.75 Å². The summed E-state index contributed by atoms with van der Waals surface area (Å²) in [4.78, 5) is 1.11. The number of phenols is 1. The highest BCUT2D eigenvalue weighted by Gasteiger charge is 2.12. The summed E-state index contributed by atoms with van der Waals surface area (Å²) in [5.41, 5.74) is 0.504. The Labute approximate surface area is 108 Å². The van der Waals surface area contributed by atoms with E-state index in [4.69, 9.17) is 10.4 Å². The standard InChI is InChI=1S/C13H11FN2OS/c14-11-6-9(3-4-13(11)17)12(7-15)16-8-10-2-1-5-18-10/h1-6,12,16-17H,8H2. The molecule has 0 bridgehead atoms. The normalized spacial score (nSPS) is 12.0. The molecule has 0 aliphatic heterocycles. The van der Waals surface area contributed by atoms with Gasteiger partial charge in [-0.25, -0.2) is 4.39 Å². The van der Waals surface area contributed by atoms with Gasteiger partial charge in [0.25, 0.3) is 0 Å². The van der Waals surface area contributed by atoms with E-state index < -0.39 is 17.6 Å². The lowest BCUT2D eigenvalue weighted by atomic mass is 10.1. The third-order valence-electron chi connectivity index (χ3n) is 2.49. The number of benzene rings is 1. The molecule has 1 unspecified atom stereocenters. The molecule has 0 radical (unpaired) electrons. The number of phenolic OH excluding ortho intramolecular Hbond substituents is 1. The van der Waals surface area contributed by atoms with E-state index in [0.717, 1.165) is 4.88 Å². The Balaban J connectivity index is 2.08. The highest BCUT2D eigenvalue weighted by Crippen LogP contribution is 2.21. The van der Waals surface area contributed by atoms with Gasteiger partial charge in [-0.2, -0.15) is 5.26 Å². The van der Waals surface area contributed by atoms with Crippen LogP contribution in [0.4, 0.5) is 4.39 Å². The van der Waals surface area contributed by atoms with Gasteiger partial charge in [0.05, 0.1) is 6.07 Å². The third-order valence-corrected chi connectivity index (χ3v) is 3.37. The van der Waals surface area contributed by atoms with Gasteiger partial charge in [0, 0.05) is 11.4 Å². The molecule has 0 fully saturated rings. The van der Waals surface area contributed by atoms with Crippen molar-refractivity contribution in [2.75, 3.05) is 0 Å². The highest BCUT2D eigenvalue weighted by molar-refractivity contribution is 7.09. The van der Waals surface area contributed by atoms with Crippen molar-refractivity contribution in [3.63, 3.8) is 0 Å². The van der Waals surface area contributed by atoms with Gasteiger partial charge in [0.1, 0.15) is 6.04 Å². The molecule has 0 spiro atoms. The van der Waals surface area contributed by atoms with Crippen molar-refractivity contribution in [2.45, 2.75) is 12.6 Å². The second kappa shape index (κ2) is 5.63. The summed E-state index contributed by atoms with van der Waals surface area (Å²) in [6.45, 7) is 0.554. The second-order valence-electron chi connectivity index (χ2n) is 3.73. The minimum atomic E-state index is -0.717. The number of rotatable bonds is 4. The number of halogens is 1. The molecule has 0 saturated heterocycles. The number of nitrogens with zero attached hydrogens (tertiary/aromatic N) is 1. The smallest absolute Gasteiger partial charge is 0.165 e. The number of nitrogens with one attached hydrogen (secondary N) is 1. The summed E-state index contributed by atoms with van der Waals surface area (Å²) < 4.78 is 13.2. The monoisotopic (exact) mass is 262 g/mol. The fraction of sp³-hybridized carbons (Fsp3) is 0.154. The first-order valence-corrected chi connectivity index (χ1v) is 6.22. The van der Waals surface area contributed by atoms with Crippen molar-refractivity contribution in [1.82, 2.24) is 5.32 Å². The predicted molar refractivity (Wildman–Crippen MR) is 67.6 cm³/mol. The Kier molecular flexibility index (Phi) is 3.92. The lowest BCUT2D eigenvalue weighted by Gasteiger charge is -2.11. The topological polar surface area (TPSA) is 56.0 Å². The van der Waals surface area contributed by atoms with E-state index >= 15 is 0 Å². The fourth-order valence-corrected chi connectivity index (χ4v) is 2.21. The van der Waals surface area contributed by atoms with Crippen LogP contribution in [0.25, 0.3) is 0 Å². The molecule has 18 heavy (non-hydrogen) atoms. The second-order valence-corrected chi connectivity index (χ2v) is 4.77. The van der Waals surface area contributed by atoms with Crippen LogP contribution in [0.2, 0.25) is 0 Å². The van der Waals surface area contributed by atoms with Gasteiger partial charge in [-0.3, -0.25) is 5.32 Å². The van der Waals surface area contributed by atoms with Gasteiger partial charge in [0.15, 0.2) is 11.6 Å². The first kappa shape index (κ1) is 12.6. The Morgan fingerprint density at radius 3 is 2.89 bits per heavy atom.